The molecule has 1 aliphatic carbocycles. The van der Waals surface area contributed by atoms with Crippen molar-refractivity contribution in [2.45, 2.75) is 33.1 Å². The Morgan fingerprint density at radius 3 is 1.97 bits per heavy atom. The third-order valence-corrected chi connectivity index (χ3v) is 5.60. The zero-order chi connectivity index (χ0) is 22.7. The SMILES string of the molecule is COc1cc(N=C(c2cc(C)c(C)cc2N)C2C(=O)CCCC2=O)cc(OC)c1OC. The van der Waals surface area contributed by atoms with Crippen molar-refractivity contribution in [3.63, 3.8) is 0 Å². The molecule has 0 radical (unpaired) electrons. The zero-order valence-corrected chi connectivity index (χ0v) is 18.6. The van der Waals surface area contributed by atoms with Crippen LogP contribution >= 0.6 is 0 Å². The van der Waals surface area contributed by atoms with Crippen LogP contribution < -0.4 is 19.9 Å². The summed E-state index contributed by atoms with van der Waals surface area (Å²) in [5.41, 5.74) is 10.2. The minimum Gasteiger partial charge on any atom is -0.493 e. The Hall–Kier alpha value is -3.35. The summed E-state index contributed by atoms with van der Waals surface area (Å²) in [4.78, 5) is 30.4. The van der Waals surface area contributed by atoms with E-state index in [4.69, 9.17) is 24.9 Å². The Balaban J connectivity index is 2.27. The summed E-state index contributed by atoms with van der Waals surface area (Å²) in [6.07, 6.45) is 1.25. The predicted octanol–water partition coefficient (Wildman–Crippen LogP) is 3.97. The van der Waals surface area contributed by atoms with Gasteiger partial charge in [-0.25, -0.2) is 0 Å². The molecule has 0 heterocycles. The maximum atomic E-state index is 12.8. The van der Waals surface area contributed by atoms with Gasteiger partial charge in [-0.2, -0.15) is 0 Å². The van der Waals surface area contributed by atoms with Crippen molar-refractivity contribution >= 4 is 28.7 Å². The highest BCUT2D eigenvalue weighted by Gasteiger charge is 2.36. The summed E-state index contributed by atoms with van der Waals surface area (Å²) in [6.45, 7) is 3.92. The first-order chi connectivity index (χ1) is 14.8. The largest absolute Gasteiger partial charge is 0.493 e. The zero-order valence-electron chi connectivity index (χ0n) is 18.6. The first-order valence-electron chi connectivity index (χ1n) is 10.1. The van der Waals surface area contributed by atoms with Crippen LogP contribution in [0.2, 0.25) is 0 Å². The number of benzene rings is 2. The van der Waals surface area contributed by atoms with Gasteiger partial charge in [0.15, 0.2) is 11.5 Å². The van der Waals surface area contributed by atoms with E-state index in [0.717, 1.165) is 11.1 Å². The van der Waals surface area contributed by atoms with Crippen LogP contribution in [0.1, 0.15) is 36.0 Å². The average molecular weight is 424 g/mol. The third kappa shape index (κ3) is 4.40. The van der Waals surface area contributed by atoms with Crippen molar-refractivity contribution in [1.82, 2.24) is 0 Å². The highest BCUT2D eigenvalue weighted by Crippen LogP contribution is 2.41. The van der Waals surface area contributed by atoms with Gasteiger partial charge in [0.2, 0.25) is 5.75 Å². The van der Waals surface area contributed by atoms with Crippen molar-refractivity contribution in [3.05, 3.63) is 41.0 Å². The summed E-state index contributed by atoms with van der Waals surface area (Å²) in [5.74, 6) is 0.0574. The number of methoxy groups -OCH3 is 3. The number of hydrogen-bond donors (Lipinski definition) is 1. The van der Waals surface area contributed by atoms with Gasteiger partial charge in [0, 0.05) is 36.2 Å². The first-order valence-corrected chi connectivity index (χ1v) is 10.1. The van der Waals surface area contributed by atoms with E-state index in [9.17, 15) is 9.59 Å². The van der Waals surface area contributed by atoms with Crippen LogP contribution in [0.15, 0.2) is 29.3 Å². The molecule has 164 valence electrons. The van der Waals surface area contributed by atoms with Crippen molar-refractivity contribution in [2.24, 2.45) is 10.9 Å². The molecular formula is C24H28N2O5. The minimum atomic E-state index is -0.947. The van der Waals surface area contributed by atoms with Crippen molar-refractivity contribution in [1.29, 1.82) is 0 Å². The average Bonchev–Trinajstić information content (AvgIpc) is 2.74. The lowest BCUT2D eigenvalue weighted by Crippen LogP contribution is -2.36. The van der Waals surface area contributed by atoms with Crippen molar-refractivity contribution in [2.75, 3.05) is 27.1 Å². The van der Waals surface area contributed by atoms with Gasteiger partial charge in [-0.05, 0) is 43.5 Å². The van der Waals surface area contributed by atoms with Gasteiger partial charge in [0.1, 0.15) is 17.5 Å². The third-order valence-electron chi connectivity index (χ3n) is 5.60. The number of nitrogens with two attached hydrogens (primary N) is 1. The van der Waals surface area contributed by atoms with Gasteiger partial charge in [-0.3, -0.25) is 14.6 Å². The van der Waals surface area contributed by atoms with Crippen molar-refractivity contribution < 1.29 is 23.8 Å². The molecule has 1 aliphatic rings. The number of ether oxygens (including phenoxy) is 3. The molecular weight excluding hydrogens is 396 g/mol. The van der Waals surface area contributed by atoms with Gasteiger partial charge in [0.25, 0.3) is 0 Å². The number of nitrogen functional groups attached to an aromatic ring is 1. The van der Waals surface area contributed by atoms with E-state index in [1.54, 1.807) is 12.1 Å². The molecule has 31 heavy (non-hydrogen) atoms. The van der Waals surface area contributed by atoms with E-state index in [2.05, 4.69) is 0 Å². The maximum Gasteiger partial charge on any atom is 0.203 e. The second-order valence-electron chi connectivity index (χ2n) is 7.62. The molecule has 0 saturated heterocycles. The number of anilines is 1. The lowest BCUT2D eigenvalue weighted by Gasteiger charge is -2.23. The number of ketones is 2. The number of carbonyl (C=O) groups is 2. The number of rotatable bonds is 6. The highest BCUT2D eigenvalue weighted by molar-refractivity contribution is 6.28. The Labute approximate surface area is 182 Å². The molecule has 0 unspecified atom stereocenters. The molecule has 0 aromatic heterocycles. The van der Waals surface area contributed by atoms with E-state index in [1.165, 1.54) is 21.3 Å². The number of aliphatic imine (C=N–C) groups is 1. The molecule has 0 bridgehead atoms. The molecule has 0 amide bonds. The number of carbonyl (C=O) groups excluding carboxylic acids is 2. The quantitative estimate of drug-likeness (QED) is 0.428. The molecule has 0 aliphatic heterocycles. The summed E-state index contributed by atoms with van der Waals surface area (Å²) >= 11 is 0. The monoisotopic (exact) mass is 424 g/mol. The molecule has 7 nitrogen and oxygen atoms in total. The fraction of sp³-hybridized carbons (Fsp3) is 0.375. The topological polar surface area (TPSA) is 100 Å². The molecule has 3 rings (SSSR count). The second kappa shape index (κ2) is 9.20. The molecule has 0 spiro atoms. The summed E-state index contributed by atoms with van der Waals surface area (Å²) in [5, 5.41) is 0. The lowest BCUT2D eigenvalue weighted by atomic mass is 9.80. The number of Topliss-reactive ketones (excluding diaryl/α,β-unsaturated/α-hetero) is 2. The van der Waals surface area contributed by atoms with Crippen LogP contribution in [-0.2, 0) is 9.59 Å². The number of hydrogen-bond acceptors (Lipinski definition) is 7. The molecule has 0 atom stereocenters. The molecule has 1 saturated carbocycles. The highest BCUT2D eigenvalue weighted by atomic mass is 16.5. The fourth-order valence-electron chi connectivity index (χ4n) is 3.82. The lowest BCUT2D eigenvalue weighted by molar-refractivity contribution is -0.132. The normalized spacial score (nSPS) is 15.2. The summed E-state index contributed by atoms with van der Waals surface area (Å²) < 4.78 is 16.2. The summed E-state index contributed by atoms with van der Waals surface area (Å²) in [6, 6.07) is 7.08. The van der Waals surface area contributed by atoms with E-state index in [1.807, 2.05) is 26.0 Å². The van der Waals surface area contributed by atoms with Crippen LogP contribution in [-0.4, -0.2) is 38.6 Å². The van der Waals surface area contributed by atoms with Crippen LogP contribution in [0, 0.1) is 19.8 Å². The first kappa shape index (κ1) is 22.3. The van der Waals surface area contributed by atoms with Gasteiger partial charge < -0.3 is 19.9 Å². The van der Waals surface area contributed by atoms with Gasteiger partial charge in [0.05, 0.1) is 32.7 Å². The number of aryl methyl sites for hydroxylation is 2. The smallest absolute Gasteiger partial charge is 0.203 e. The predicted molar refractivity (Wildman–Crippen MR) is 120 cm³/mol. The van der Waals surface area contributed by atoms with Crippen molar-refractivity contribution in [3.8, 4) is 17.2 Å². The van der Waals surface area contributed by atoms with Gasteiger partial charge >= 0.3 is 0 Å². The molecule has 2 aromatic rings. The van der Waals surface area contributed by atoms with Crippen LogP contribution in [0.3, 0.4) is 0 Å². The molecule has 1 fully saturated rings. The van der Waals surface area contributed by atoms with Crippen LogP contribution in [0.25, 0.3) is 0 Å². The van der Waals surface area contributed by atoms with Crippen LogP contribution in [0.4, 0.5) is 11.4 Å². The second-order valence-corrected chi connectivity index (χ2v) is 7.62. The van der Waals surface area contributed by atoms with Crippen LogP contribution in [0.5, 0.6) is 17.2 Å². The Kier molecular flexibility index (Phi) is 6.63. The fourth-order valence-corrected chi connectivity index (χ4v) is 3.82. The Morgan fingerprint density at radius 2 is 1.45 bits per heavy atom. The summed E-state index contributed by atoms with van der Waals surface area (Å²) in [7, 11) is 4.55. The van der Waals surface area contributed by atoms with E-state index in [0.29, 0.717) is 59.2 Å². The maximum absolute atomic E-state index is 12.8. The van der Waals surface area contributed by atoms with E-state index < -0.39 is 5.92 Å². The molecule has 2 aromatic carbocycles. The molecule has 2 N–H and O–H groups in total. The number of nitrogens with zero attached hydrogens (tertiary/aromatic N) is 1. The standard InChI is InChI=1S/C24H28N2O5/c1-13-9-16(17(25)10-14(13)2)23(22-18(27)7-6-8-19(22)28)26-15-11-20(29-3)24(31-5)21(12-15)30-4/h9-12,22H,6-8,25H2,1-5H3. The molecule has 7 heteroatoms. The Bertz CT molecular complexity index is 1020. The van der Waals surface area contributed by atoms with E-state index in [-0.39, 0.29) is 11.6 Å². The van der Waals surface area contributed by atoms with Gasteiger partial charge in [-0.1, -0.05) is 0 Å². The van der Waals surface area contributed by atoms with Gasteiger partial charge in [-0.15, -0.1) is 0 Å². The minimum absolute atomic E-state index is 0.139. The Morgan fingerprint density at radius 1 is 0.903 bits per heavy atom. The van der Waals surface area contributed by atoms with E-state index >= 15 is 0 Å².